The molecular formula is C24H32N2O3. The Bertz CT molecular complexity index is 798. The van der Waals surface area contributed by atoms with Crippen molar-refractivity contribution >= 4 is 17.5 Å². The van der Waals surface area contributed by atoms with Crippen molar-refractivity contribution in [3.63, 3.8) is 0 Å². The highest BCUT2D eigenvalue weighted by Crippen LogP contribution is 2.60. The number of ether oxygens (including phenoxy) is 1. The number of aryl methyl sites for hydroxylation is 2. The van der Waals surface area contributed by atoms with E-state index in [1.807, 2.05) is 6.07 Å². The van der Waals surface area contributed by atoms with Gasteiger partial charge in [-0.15, -0.1) is 0 Å². The van der Waals surface area contributed by atoms with Gasteiger partial charge in [0.25, 0.3) is 5.91 Å². The minimum Gasteiger partial charge on any atom is -0.365 e. The van der Waals surface area contributed by atoms with Gasteiger partial charge in [-0.1, -0.05) is 6.07 Å². The van der Waals surface area contributed by atoms with Gasteiger partial charge in [0.15, 0.2) is 0 Å². The van der Waals surface area contributed by atoms with Crippen LogP contribution in [0.4, 0.5) is 5.69 Å². The van der Waals surface area contributed by atoms with Crippen molar-refractivity contribution in [2.45, 2.75) is 58.5 Å². The molecule has 0 spiro atoms. The van der Waals surface area contributed by atoms with Crippen LogP contribution in [0, 0.1) is 37.0 Å². The average molecular weight is 397 g/mol. The molecule has 29 heavy (non-hydrogen) atoms. The third kappa shape index (κ3) is 3.48. The fourth-order valence-corrected chi connectivity index (χ4v) is 6.67. The van der Waals surface area contributed by atoms with Crippen LogP contribution in [0.15, 0.2) is 18.2 Å². The molecule has 5 fully saturated rings. The summed E-state index contributed by atoms with van der Waals surface area (Å²) in [6.07, 6.45) is 7.07. The highest BCUT2D eigenvalue weighted by atomic mass is 16.5. The summed E-state index contributed by atoms with van der Waals surface area (Å²) in [5.41, 5.74) is 3.17. The average Bonchev–Trinajstić information content (AvgIpc) is 2.68. The number of hydrogen-bond donors (Lipinski definition) is 1. The highest BCUT2D eigenvalue weighted by Gasteiger charge is 2.54. The molecule has 5 aliphatic rings. The van der Waals surface area contributed by atoms with E-state index >= 15 is 0 Å². The second-order valence-electron chi connectivity index (χ2n) is 10.1. The third-order valence-corrected chi connectivity index (χ3v) is 7.94. The molecule has 1 aromatic carbocycles. The summed E-state index contributed by atoms with van der Waals surface area (Å²) < 4.78 is 5.76. The van der Waals surface area contributed by atoms with Gasteiger partial charge in [-0.3, -0.25) is 9.59 Å². The van der Waals surface area contributed by atoms with Crippen molar-refractivity contribution in [2.24, 2.45) is 23.2 Å². The number of hydrogen-bond acceptors (Lipinski definition) is 3. The van der Waals surface area contributed by atoms with E-state index in [4.69, 9.17) is 4.74 Å². The zero-order chi connectivity index (χ0) is 20.2. The van der Waals surface area contributed by atoms with Crippen molar-refractivity contribution < 1.29 is 14.3 Å². The molecule has 4 aliphatic carbocycles. The minimum atomic E-state index is -0.160. The van der Waals surface area contributed by atoms with Gasteiger partial charge in [-0.05, 0) is 93.4 Å². The SMILES string of the molecule is Cc1ccc(N2CC(CNC(=O)C34CC5CC(CC(C5)C3)C4)OCC2=O)cc1C. The van der Waals surface area contributed by atoms with Crippen LogP contribution in [0.1, 0.15) is 49.7 Å². The maximum Gasteiger partial charge on any atom is 0.253 e. The van der Waals surface area contributed by atoms with E-state index in [1.165, 1.54) is 30.4 Å². The molecule has 1 atom stereocenters. The monoisotopic (exact) mass is 396 g/mol. The molecule has 1 saturated heterocycles. The number of benzene rings is 1. The zero-order valence-corrected chi connectivity index (χ0v) is 17.6. The number of nitrogens with one attached hydrogen (secondary N) is 1. The number of carbonyl (C=O) groups is 2. The van der Waals surface area contributed by atoms with E-state index in [9.17, 15) is 9.59 Å². The summed E-state index contributed by atoms with van der Waals surface area (Å²) in [6.45, 7) is 5.18. The first kappa shape index (κ1) is 19.1. The Balaban J connectivity index is 1.22. The first-order valence-corrected chi connectivity index (χ1v) is 11.2. The molecule has 6 rings (SSSR count). The smallest absolute Gasteiger partial charge is 0.253 e. The molecule has 4 saturated carbocycles. The van der Waals surface area contributed by atoms with Crippen molar-refractivity contribution in [1.82, 2.24) is 5.32 Å². The molecule has 1 unspecified atom stereocenters. The van der Waals surface area contributed by atoms with Crippen molar-refractivity contribution in [2.75, 3.05) is 24.6 Å². The molecule has 0 radical (unpaired) electrons. The van der Waals surface area contributed by atoms with Gasteiger partial charge in [-0.2, -0.15) is 0 Å². The summed E-state index contributed by atoms with van der Waals surface area (Å²) in [4.78, 5) is 27.4. The summed E-state index contributed by atoms with van der Waals surface area (Å²) in [7, 11) is 0. The Morgan fingerprint density at radius 1 is 1.10 bits per heavy atom. The first-order valence-electron chi connectivity index (χ1n) is 11.2. The second kappa shape index (κ2) is 7.12. The third-order valence-electron chi connectivity index (χ3n) is 7.94. The molecule has 4 bridgehead atoms. The highest BCUT2D eigenvalue weighted by molar-refractivity contribution is 5.95. The summed E-state index contributed by atoms with van der Waals surface area (Å²) >= 11 is 0. The largest absolute Gasteiger partial charge is 0.365 e. The lowest BCUT2D eigenvalue weighted by molar-refractivity contribution is -0.147. The molecule has 1 N–H and O–H groups in total. The summed E-state index contributed by atoms with van der Waals surface area (Å²) in [6, 6.07) is 6.11. The van der Waals surface area contributed by atoms with Gasteiger partial charge in [0, 0.05) is 17.6 Å². The first-order chi connectivity index (χ1) is 13.9. The van der Waals surface area contributed by atoms with Crippen LogP contribution >= 0.6 is 0 Å². The number of rotatable bonds is 4. The second-order valence-corrected chi connectivity index (χ2v) is 10.1. The predicted octanol–water partition coefficient (Wildman–Crippen LogP) is 3.37. The lowest BCUT2D eigenvalue weighted by Crippen LogP contribution is -2.56. The molecule has 1 aliphatic heterocycles. The van der Waals surface area contributed by atoms with Crippen molar-refractivity contribution in [3.8, 4) is 0 Å². The van der Waals surface area contributed by atoms with Crippen LogP contribution in [-0.2, 0) is 14.3 Å². The van der Waals surface area contributed by atoms with Gasteiger partial charge in [0.1, 0.15) is 6.61 Å². The quantitative estimate of drug-likeness (QED) is 0.849. The maximum atomic E-state index is 13.2. The Hall–Kier alpha value is -1.88. The normalized spacial score (nSPS) is 35.8. The molecule has 2 amide bonds. The van der Waals surface area contributed by atoms with E-state index in [2.05, 4.69) is 31.3 Å². The van der Waals surface area contributed by atoms with Gasteiger partial charge >= 0.3 is 0 Å². The van der Waals surface area contributed by atoms with E-state index in [1.54, 1.807) is 4.90 Å². The van der Waals surface area contributed by atoms with Gasteiger partial charge in [0.05, 0.1) is 12.6 Å². The van der Waals surface area contributed by atoms with Gasteiger partial charge < -0.3 is 15.0 Å². The molecular weight excluding hydrogens is 364 g/mol. The Morgan fingerprint density at radius 2 is 1.76 bits per heavy atom. The molecule has 5 nitrogen and oxygen atoms in total. The van der Waals surface area contributed by atoms with Crippen LogP contribution in [0.5, 0.6) is 0 Å². The maximum absolute atomic E-state index is 13.2. The number of nitrogens with zero attached hydrogens (tertiary/aromatic N) is 1. The molecule has 0 aromatic heterocycles. The fraction of sp³-hybridized carbons (Fsp3) is 0.667. The van der Waals surface area contributed by atoms with Crippen LogP contribution < -0.4 is 10.2 Å². The van der Waals surface area contributed by atoms with Gasteiger partial charge in [-0.25, -0.2) is 0 Å². The van der Waals surface area contributed by atoms with E-state index < -0.39 is 0 Å². The summed E-state index contributed by atoms with van der Waals surface area (Å²) in [5.74, 6) is 2.49. The lowest BCUT2D eigenvalue weighted by atomic mass is 9.49. The molecule has 156 valence electrons. The van der Waals surface area contributed by atoms with Crippen LogP contribution in [0.2, 0.25) is 0 Å². The zero-order valence-electron chi connectivity index (χ0n) is 17.6. The van der Waals surface area contributed by atoms with E-state index in [-0.39, 0.29) is 29.9 Å². The Kier molecular flexibility index (Phi) is 4.69. The lowest BCUT2D eigenvalue weighted by Gasteiger charge is -2.55. The van der Waals surface area contributed by atoms with Gasteiger partial charge in [0.2, 0.25) is 5.91 Å². The minimum absolute atomic E-state index is 0.0167. The van der Waals surface area contributed by atoms with Crippen LogP contribution in [0.25, 0.3) is 0 Å². The molecule has 1 heterocycles. The topological polar surface area (TPSA) is 58.6 Å². The predicted molar refractivity (Wildman–Crippen MR) is 112 cm³/mol. The number of amides is 2. The van der Waals surface area contributed by atoms with Crippen LogP contribution in [0.3, 0.4) is 0 Å². The Labute approximate surface area is 173 Å². The number of anilines is 1. The van der Waals surface area contributed by atoms with E-state index in [0.717, 1.165) is 42.7 Å². The standard InChI is InChI=1S/C24H32N2O3/c1-15-3-4-20(5-16(15)2)26-13-21(29-14-22(26)27)12-25-23(28)24-9-17-6-18(10-24)8-19(7-17)11-24/h3-5,17-19,21H,6-14H2,1-2H3,(H,25,28). The molecule has 1 aromatic rings. The van der Waals surface area contributed by atoms with Crippen molar-refractivity contribution in [1.29, 1.82) is 0 Å². The summed E-state index contributed by atoms with van der Waals surface area (Å²) in [5, 5.41) is 3.21. The Morgan fingerprint density at radius 3 is 2.38 bits per heavy atom. The fourth-order valence-electron chi connectivity index (χ4n) is 6.67. The van der Waals surface area contributed by atoms with Crippen molar-refractivity contribution in [3.05, 3.63) is 29.3 Å². The van der Waals surface area contributed by atoms with Crippen LogP contribution in [-0.4, -0.2) is 37.6 Å². The number of morpholine rings is 1. The number of carbonyl (C=O) groups excluding carboxylic acids is 2. The molecule has 5 heteroatoms. The van der Waals surface area contributed by atoms with E-state index in [0.29, 0.717) is 13.1 Å².